The smallest absolute Gasteiger partial charge is 0.231 e. The van der Waals surface area contributed by atoms with E-state index in [0.717, 1.165) is 27.2 Å². The number of carbonyl (C=O) groups is 2. The Hall–Kier alpha value is -2.54. The zero-order chi connectivity index (χ0) is 20.6. The number of anilines is 1. The van der Waals surface area contributed by atoms with Crippen molar-refractivity contribution in [1.82, 2.24) is 5.32 Å². The Morgan fingerprint density at radius 1 is 1.21 bits per heavy atom. The summed E-state index contributed by atoms with van der Waals surface area (Å²) in [6.07, 6.45) is 0.220. The summed E-state index contributed by atoms with van der Waals surface area (Å²) in [5.74, 6) is 0.980. The minimum absolute atomic E-state index is 0.0351. The van der Waals surface area contributed by atoms with Crippen molar-refractivity contribution < 1.29 is 19.1 Å². The summed E-state index contributed by atoms with van der Waals surface area (Å²) in [6, 6.07) is 13.4. The lowest BCUT2D eigenvalue weighted by atomic mass is 9.84. The van der Waals surface area contributed by atoms with E-state index in [9.17, 15) is 9.59 Å². The van der Waals surface area contributed by atoms with E-state index in [1.807, 2.05) is 42.5 Å². The van der Waals surface area contributed by atoms with Crippen LogP contribution in [0.25, 0.3) is 0 Å². The largest absolute Gasteiger partial charge is 0.454 e. The van der Waals surface area contributed by atoms with Gasteiger partial charge >= 0.3 is 0 Å². The fourth-order valence-electron chi connectivity index (χ4n) is 3.66. The first-order chi connectivity index (χ1) is 13.8. The number of carbonyl (C=O) groups excluding carboxylic acids is 2. The van der Waals surface area contributed by atoms with Gasteiger partial charge in [-0.15, -0.1) is 0 Å². The van der Waals surface area contributed by atoms with E-state index in [2.05, 4.69) is 35.1 Å². The molecule has 0 bridgehead atoms. The molecule has 1 saturated heterocycles. The highest BCUT2D eigenvalue weighted by Gasteiger charge is 2.36. The van der Waals surface area contributed by atoms with E-state index in [0.29, 0.717) is 13.1 Å². The lowest BCUT2D eigenvalue weighted by Crippen LogP contribution is -2.40. The standard InChI is InChI=1S/C22H23BrN2O4/c1-22(2,15-7-8-18-19(10-15)29-13-28-18)12-24-21(27)14-9-20(26)25(11-14)17-6-4-3-5-16(17)23/h3-8,10,14H,9,11-13H2,1-2H3,(H,24,27). The number of hydrogen-bond acceptors (Lipinski definition) is 4. The molecule has 7 heteroatoms. The molecule has 4 rings (SSSR count). The molecule has 1 atom stereocenters. The quantitative estimate of drug-likeness (QED) is 0.742. The average molecular weight is 459 g/mol. The van der Waals surface area contributed by atoms with Crippen LogP contribution in [0.1, 0.15) is 25.8 Å². The zero-order valence-corrected chi connectivity index (χ0v) is 18.0. The van der Waals surface area contributed by atoms with Gasteiger partial charge in [-0.05, 0) is 45.8 Å². The normalized spacial score (nSPS) is 18.2. The van der Waals surface area contributed by atoms with Crippen LogP contribution in [0.5, 0.6) is 11.5 Å². The first-order valence-electron chi connectivity index (χ1n) is 9.58. The van der Waals surface area contributed by atoms with Crippen molar-refractivity contribution in [3.8, 4) is 11.5 Å². The Labute approximate surface area is 178 Å². The topological polar surface area (TPSA) is 67.9 Å². The number of para-hydroxylation sites is 1. The molecule has 2 aliphatic heterocycles. The third-order valence-electron chi connectivity index (χ3n) is 5.50. The maximum Gasteiger partial charge on any atom is 0.231 e. The predicted molar refractivity (Wildman–Crippen MR) is 113 cm³/mol. The number of rotatable bonds is 5. The highest BCUT2D eigenvalue weighted by atomic mass is 79.9. The van der Waals surface area contributed by atoms with Crippen LogP contribution < -0.4 is 19.7 Å². The number of benzene rings is 2. The minimum Gasteiger partial charge on any atom is -0.454 e. The van der Waals surface area contributed by atoms with Crippen molar-refractivity contribution in [2.24, 2.45) is 5.92 Å². The van der Waals surface area contributed by atoms with E-state index in [-0.39, 0.29) is 36.4 Å². The summed E-state index contributed by atoms with van der Waals surface area (Å²) < 4.78 is 11.7. The maximum absolute atomic E-state index is 12.8. The third kappa shape index (κ3) is 3.96. The Morgan fingerprint density at radius 3 is 2.76 bits per heavy atom. The second-order valence-corrected chi connectivity index (χ2v) is 8.88. The van der Waals surface area contributed by atoms with Gasteiger partial charge in [0.15, 0.2) is 11.5 Å². The number of amides is 2. The maximum atomic E-state index is 12.8. The van der Waals surface area contributed by atoms with Crippen molar-refractivity contribution in [1.29, 1.82) is 0 Å². The first-order valence-corrected chi connectivity index (χ1v) is 10.4. The van der Waals surface area contributed by atoms with Crippen LogP contribution in [0.3, 0.4) is 0 Å². The van der Waals surface area contributed by atoms with Crippen LogP contribution in [0, 0.1) is 5.92 Å². The predicted octanol–water partition coefficient (Wildman–Crippen LogP) is 3.62. The first kappa shape index (κ1) is 19.8. The monoisotopic (exact) mass is 458 g/mol. The number of halogens is 1. The molecule has 1 unspecified atom stereocenters. The SMILES string of the molecule is CC(C)(CNC(=O)C1CC(=O)N(c2ccccc2Br)C1)c1ccc2c(c1)OCO2. The number of hydrogen-bond donors (Lipinski definition) is 1. The molecule has 2 heterocycles. The summed E-state index contributed by atoms with van der Waals surface area (Å²) in [5, 5.41) is 3.04. The van der Waals surface area contributed by atoms with Gasteiger partial charge in [0, 0.05) is 29.4 Å². The molecule has 2 aromatic carbocycles. The molecule has 0 radical (unpaired) electrons. The van der Waals surface area contributed by atoms with Gasteiger partial charge in [0.25, 0.3) is 0 Å². The van der Waals surface area contributed by atoms with Crippen LogP contribution in [-0.4, -0.2) is 31.7 Å². The molecular formula is C22H23BrN2O4. The fourth-order valence-corrected chi connectivity index (χ4v) is 4.16. The average Bonchev–Trinajstić information content (AvgIpc) is 3.32. The lowest BCUT2D eigenvalue weighted by molar-refractivity contribution is -0.126. The van der Waals surface area contributed by atoms with Crippen molar-refractivity contribution in [2.75, 3.05) is 24.8 Å². The number of ether oxygens (including phenoxy) is 2. The molecule has 2 amide bonds. The Bertz CT molecular complexity index is 960. The Kier molecular flexibility index (Phi) is 5.25. The summed E-state index contributed by atoms with van der Waals surface area (Å²) >= 11 is 3.48. The molecule has 0 aliphatic carbocycles. The lowest BCUT2D eigenvalue weighted by Gasteiger charge is -2.26. The molecule has 0 saturated carbocycles. The summed E-state index contributed by atoms with van der Waals surface area (Å²) in [5.41, 5.74) is 1.56. The van der Waals surface area contributed by atoms with Gasteiger partial charge in [0.1, 0.15) is 0 Å². The summed E-state index contributed by atoms with van der Waals surface area (Å²) in [6.45, 7) is 5.22. The van der Waals surface area contributed by atoms with Gasteiger partial charge in [0.2, 0.25) is 18.6 Å². The van der Waals surface area contributed by atoms with Crippen molar-refractivity contribution in [3.63, 3.8) is 0 Å². The highest BCUT2D eigenvalue weighted by molar-refractivity contribution is 9.10. The molecule has 29 heavy (non-hydrogen) atoms. The van der Waals surface area contributed by atoms with E-state index in [4.69, 9.17) is 9.47 Å². The Balaban J connectivity index is 1.39. The van der Waals surface area contributed by atoms with Gasteiger partial charge in [-0.2, -0.15) is 0 Å². The molecule has 1 fully saturated rings. The number of fused-ring (bicyclic) bond motifs is 1. The second kappa shape index (κ2) is 7.71. The van der Waals surface area contributed by atoms with Crippen molar-refractivity contribution >= 4 is 33.4 Å². The molecule has 2 aliphatic rings. The van der Waals surface area contributed by atoms with Gasteiger partial charge < -0.3 is 19.7 Å². The molecule has 0 spiro atoms. The minimum atomic E-state index is -0.359. The van der Waals surface area contributed by atoms with Gasteiger partial charge in [-0.1, -0.05) is 32.0 Å². The molecule has 0 aromatic heterocycles. The van der Waals surface area contributed by atoms with E-state index in [1.54, 1.807) is 4.90 Å². The van der Waals surface area contributed by atoms with Crippen LogP contribution in [0.4, 0.5) is 5.69 Å². The van der Waals surface area contributed by atoms with Crippen molar-refractivity contribution in [3.05, 3.63) is 52.5 Å². The van der Waals surface area contributed by atoms with E-state index >= 15 is 0 Å². The van der Waals surface area contributed by atoms with Gasteiger partial charge in [0.05, 0.1) is 11.6 Å². The zero-order valence-electron chi connectivity index (χ0n) is 16.4. The van der Waals surface area contributed by atoms with Gasteiger partial charge in [-0.3, -0.25) is 9.59 Å². The molecule has 6 nitrogen and oxygen atoms in total. The summed E-state index contributed by atoms with van der Waals surface area (Å²) in [4.78, 5) is 26.9. The number of nitrogens with one attached hydrogen (secondary N) is 1. The third-order valence-corrected chi connectivity index (χ3v) is 6.17. The van der Waals surface area contributed by atoms with Crippen LogP contribution in [0.15, 0.2) is 46.9 Å². The summed E-state index contributed by atoms with van der Waals surface area (Å²) in [7, 11) is 0. The van der Waals surface area contributed by atoms with Gasteiger partial charge in [-0.25, -0.2) is 0 Å². The highest BCUT2D eigenvalue weighted by Crippen LogP contribution is 2.36. The van der Waals surface area contributed by atoms with Crippen LogP contribution >= 0.6 is 15.9 Å². The number of nitrogens with zero attached hydrogens (tertiary/aromatic N) is 1. The Morgan fingerprint density at radius 2 is 1.97 bits per heavy atom. The second-order valence-electron chi connectivity index (χ2n) is 8.03. The molecule has 152 valence electrons. The van der Waals surface area contributed by atoms with E-state index < -0.39 is 0 Å². The van der Waals surface area contributed by atoms with E-state index in [1.165, 1.54) is 0 Å². The molecule has 2 aromatic rings. The fraction of sp³-hybridized carbons (Fsp3) is 0.364. The molecule has 1 N–H and O–H groups in total. The molecular weight excluding hydrogens is 436 g/mol. The van der Waals surface area contributed by atoms with Crippen molar-refractivity contribution in [2.45, 2.75) is 25.7 Å². The van der Waals surface area contributed by atoms with Crippen LogP contribution in [-0.2, 0) is 15.0 Å². The van der Waals surface area contributed by atoms with Crippen LogP contribution in [0.2, 0.25) is 0 Å².